The first-order valence-electron chi connectivity index (χ1n) is 5.69. The lowest BCUT2D eigenvalue weighted by Gasteiger charge is -2.25. The number of hydrogen-bond donors (Lipinski definition) is 2. The zero-order valence-electron chi connectivity index (χ0n) is 9.78. The molecule has 0 bridgehead atoms. The Bertz CT molecular complexity index is 179. The maximum atomic E-state index is 8.88. The van der Waals surface area contributed by atoms with Gasteiger partial charge in [-0.05, 0) is 26.7 Å². The maximum absolute atomic E-state index is 8.88. The van der Waals surface area contributed by atoms with E-state index in [1.807, 2.05) is 4.90 Å². The first-order chi connectivity index (χ1) is 7.07. The molecular weight excluding hydrogens is 194 g/mol. The predicted octanol–water partition coefficient (Wildman–Crippen LogP) is 0.231. The topological polar surface area (TPSA) is 52.9 Å². The molecule has 15 heavy (non-hydrogen) atoms. The number of aliphatic hydroxyl groups excluding tert-OH is 2. The van der Waals surface area contributed by atoms with Gasteiger partial charge in [0.1, 0.15) is 0 Å². The quantitative estimate of drug-likeness (QED) is 0.669. The van der Waals surface area contributed by atoms with Crippen LogP contribution in [0.5, 0.6) is 0 Å². The second-order valence-electron chi connectivity index (χ2n) is 4.79. The van der Waals surface area contributed by atoms with Crippen LogP contribution in [0.2, 0.25) is 0 Å². The van der Waals surface area contributed by atoms with Crippen LogP contribution in [0.4, 0.5) is 0 Å². The zero-order valence-corrected chi connectivity index (χ0v) is 9.78. The molecule has 4 nitrogen and oxygen atoms in total. The van der Waals surface area contributed by atoms with Gasteiger partial charge in [-0.15, -0.1) is 0 Å². The van der Waals surface area contributed by atoms with Crippen LogP contribution in [0.15, 0.2) is 0 Å². The van der Waals surface area contributed by atoms with Gasteiger partial charge in [0, 0.05) is 19.6 Å². The Morgan fingerprint density at radius 1 is 1.27 bits per heavy atom. The SMILES string of the molecule is CC1(C)CCC(CN(CCO)CCO)O1. The van der Waals surface area contributed by atoms with E-state index in [0.717, 1.165) is 19.4 Å². The molecular formula is C11H23NO3. The van der Waals surface area contributed by atoms with Gasteiger partial charge in [-0.25, -0.2) is 0 Å². The lowest BCUT2D eigenvalue weighted by molar-refractivity contribution is -0.0312. The molecule has 2 N–H and O–H groups in total. The molecule has 1 aliphatic heterocycles. The van der Waals surface area contributed by atoms with Crippen molar-refractivity contribution < 1.29 is 14.9 Å². The van der Waals surface area contributed by atoms with Crippen molar-refractivity contribution in [3.05, 3.63) is 0 Å². The molecule has 1 fully saturated rings. The third kappa shape index (κ3) is 4.47. The third-order valence-corrected chi connectivity index (χ3v) is 2.85. The van der Waals surface area contributed by atoms with Gasteiger partial charge in [-0.1, -0.05) is 0 Å². The highest BCUT2D eigenvalue weighted by atomic mass is 16.5. The van der Waals surface area contributed by atoms with Gasteiger partial charge in [0.15, 0.2) is 0 Å². The van der Waals surface area contributed by atoms with Crippen molar-refractivity contribution in [1.82, 2.24) is 4.90 Å². The molecule has 1 atom stereocenters. The monoisotopic (exact) mass is 217 g/mol. The molecule has 1 unspecified atom stereocenters. The molecule has 0 spiro atoms. The van der Waals surface area contributed by atoms with E-state index in [-0.39, 0.29) is 24.9 Å². The minimum Gasteiger partial charge on any atom is -0.395 e. The van der Waals surface area contributed by atoms with Crippen molar-refractivity contribution in [2.45, 2.75) is 38.4 Å². The second kappa shape index (κ2) is 5.80. The summed E-state index contributed by atoms with van der Waals surface area (Å²) < 4.78 is 5.87. The minimum absolute atomic E-state index is 0.00519. The number of hydrogen-bond acceptors (Lipinski definition) is 4. The lowest BCUT2D eigenvalue weighted by atomic mass is 10.1. The van der Waals surface area contributed by atoms with E-state index in [0.29, 0.717) is 13.1 Å². The Morgan fingerprint density at radius 2 is 1.87 bits per heavy atom. The van der Waals surface area contributed by atoms with E-state index in [4.69, 9.17) is 14.9 Å². The van der Waals surface area contributed by atoms with E-state index in [1.165, 1.54) is 0 Å². The summed E-state index contributed by atoms with van der Waals surface area (Å²) in [4.78, 5) is 2.05. The molecule has 1 aliphatic rings. The Kier molecular flexibility index (Phi) is 4.99. The highest BCUT2D eigenvalue weighted by Gasteiger charge is 2.32. The molecule has 1 heterocycles. The standard InChI is InChI=1S/C11H23NO3/c1-11(2)4-3-10(15-11)9-12(5-7-13)6-8-14/h10,13-14H,3-9H2,1-2H3. The van der Waals surface area contributed by atoms with Crippen molar-refractivity contribution in [1.29, 1.82) is 0 Å². The Labute approximate surface area is 91.8 Å². The highest BCUT2D eigenvalue weighted by molar-refractivity contribution is 4.82. The molecule has 4 heteroatoms. The van der Waals surface area contributed by atoms with Gasteiger partial charge in [0.25, 0.3) is 0 Å². The van der Waals surface area contributed by atoms with Gasteiger partial charge < -0.3 is 14.9 Å². The minimum atomic E-state index is -0.00519. The molecule has 1 rings (SSSR count). The fourth-order valence-electron chi connectivity index (χ4n) is 2.07. The average Bonchev–Trinajstić information content (AvgIpc) is 2.46. The smallest absolute Gasteiger partial charge is 0.0710 e. The van der Waals surface area contributed by atoms with Gasteiger partial charge in [-0.3, -0.25) is 4.90 Å². The zero-order chi connectivity index (χ0) is 11.3. The number of nitrogens with zero attached hydrogens (tertiary/aromatic N) is 1. The molecule has 0 aromatic heterocycles. The molecule has 0 aromatic carbocycles. The highest BCUT2D eigenvalue weighted by Crippen LogP contribution is 2.29. The fourth-order valence-corrected chi connectivity index (χ4v) is 2.07. The number of aliphatic hydroxyl groups is 2. The summed E-state index contributed by atoms with van der Waals surface area (Å²) in [5, 5.41) is 17.8. The van der Waals surface area contributed by atoms with E-state index >= 15 is 0 Å². The predicted molar refractivity (Wildman–Crippen MR) is 58.8 cm³/mol. The van der Waals surface area contributed by atoms with Crippen LogP contribution in [-0.2, 0) is 4.74 Å². The molecule has 0 amide bonds. The lowest BCUT2D eigenvalue weighted by Crippen LogP contribution is -2.37. The van der Waals surface area contributed by atoms with E-state index in [1.54, 1.807) is 0 Å². The Morgan fingerprint density at radius 3 is 2.27 bits per heavy atom. The van der Waals surface area contributed by atoms with Crippen molar-refractivity contribution in [2.24, 2.45) is 0 Å². The van der Waals surface area contributed by atoms with Crippen molar-refractivity contribution in [2.75, 3.05) is 32.8 Å². The van der Waals surface area contributed by atoms with Gasteiger partial charge in [0.05, 0.1) is 24.9 Å². The van der Waals surface area contributed by atoms with E-state index in [2.05, 4.69) is 13.8 Å². The number of rotatable bonds is 6. The largest absolute Gasteiger partial charge is 0.395 e. The fraction of sp³-hybridized carbons (Fsp3) is 1.00. The average molecular weight is 217 g/mol. The van der Waals surface area contributed by atoms with E-state index in [9.17, 15) is 0 Å². The van der Waals surface area contributed by atoms with Crippen LogP contribution < -0.4 is 0 Å². The summed E-state index contributed by atoms with van der Waals surface area (Å²) >= 11 is 0. The Balaban J connectivity index is 2.32. The normalized spacial score (nSPS) is 25.0. The summed E-state index contributed by atoms with van der Waals surface area (Å²) in [6.07, 6.45) is 2.41. The van der Waals surface area contributed by atoms with Crippen LogP contribution in [0, 0.1) is 0 Å². The van der Waals surface area contributed by atoms with Crippen molar-refractivity contribution >= 4 is 0 Å². The molecule has 0 aliphatic carbocycles. The van der Waals surface area contributed by atoms with E-state index < -0.39 is 0 Å². The summed E-state index contributed by atoms with van der Waals surface area (Å²) in [6, 6.07) is 0. The molecule has 90 valence electrons. The summed E-state index contributed by atoms with van der Waals surface area (Å²) in [5.74, 6) is 0. The van der Waals surface area contributed by atoms with Crippen LogP contribution in [-0.4, -0.2) is 59.7 Å². The Hall–Kier alpha value is -0.160. The first kappa shape index (κ1) is 12.9. The molecule has 1 saturated heterocycles. The maximum Gasteiger partial charge on any atom is 0.0710 e. The second-order valence-corrected chi connectivity index (χ2v) is 4.79. The van der Waals surface area contributed by atoms with Crippen LogP contribution >= 0.6 is 0 Å². The van der Waals surface area contributed by atoms with Gasteiger partial charge >= 0.3 is 0 Å². The molecule has 0 aromatic rings. The third-order valence-electron chi connectivity index (χ3n) is 2.85. The van der Waals surface area contributed by atoms with Gasteiger partial charge in [-0.2, -0.15) is 0 Å². The van der Waals surface area contributed by atoms with Crippen LogP contribution in [0.3, 0.4) is 0 Å². The van der Waals surface area contributed by atoms with Crippen LogP contribution in [0.1, 0.15) is 26.7 Å². The number of ether oxygens (including phenoxy) is 1. The molecule has 0 radical (unpaired) electrons. The summed E-state index contributed by atoms with van der Waals surface area (Å²) in [6.45, 7) is 6.52. The van der Waals surface area contributed by atoms with Gasteiger partial charge in [0.2, 0.25) is 0 Å². The van der Waals surface area contributed by atoms with Crippen molar-refractivity contribution in [3.8, 4) is 0 Å². The molecule has 0 saturated carbocycles. The summed E-state index contributed by atoms with van der Waals surface area (Å²) in [5.41, 5.74) is -0.00519. The van der Waals surface area contributed by atoms with Crippen molar-refractivity contribution in [3.63, 3.8) is 0 Å². The summed E-state index contributed by atoms with van der Waals surface area (Å²) in [7, 11) is 0. The first-order valence-corrected chi connectivity index (χ1v) is 5.69. The van der Waals surface area contributed by atoms with Crippen LogP contribution in [0.25, 0.3) is 0 Å².